The van der Waals surface area contributed by atoms with Crippen LogP contribution < -0.4 is 10.2 Å². The lowest BCUT2D eigenvalue weighted by atomic mass is 10.1. The van der Waals surface area contributed by atoms with E-state index in [1.54, 1.807) is 6.07 Å². The van der Waals surface area contributed by atoms with E-state index in [2.05, 4.69) is 5.32 Å². The van der Waals surface area contributed by atoms with Gasteiger partial charge in [0.1, 0.15) is 0 Å². The molecule has 1 aliphatic heterocycles. The Hall–Kier alpha value is -3.22. The summed E-state index contributed by atoms with van der Waals surface area (Å²) in [5, 5.41) is 13.7. The minimum atomic E-state index is -0.508. The van der Waals surface area contributed by atoms with Crippen molar-refractivity contribution < 1.29 is 14.5 Å². The molecule has 1 saturated heterocycles. The Labute approximate surface area is 144 Å². The zero-order valence-electron chi connectivity index (χ0n) is 13.6. The topological polar surface area (TPSA) is 92.6 Å². The molecule has 3 rings (SSSR count). The number of nitro groups is 1. The van der Waals surface area contributed by atoms with Gasteiger partial charge in [-0.3, -0.25) is 19.7 Å². The number of nitrogens with zero attached hydrogens (tertiary/aromatic N) is 2. The van der Waals surface area contributed by atoms with Crippen molar-refractivity contribution in [2.75, 3.05) is 16.8 Å². The number of benzene rings is 2. The summed E-state index contributed by atoms with van der Waals surface area (Å²) in [7, 11) is 0. The summed E-state index contributed by atoms with van der Waals surface area (Å²) < 4.78 is 0. The SMILES string of the molecule is Cc1ccccc1NC(=O)[C@@H]1CC(=O)N(c2cccc([N+](=O)[O-])c2)C1. The Morgan fingerprint density at radius 2 is 2.00 bits per heavy atom. The fraction of sp³-hybridized carbons (Fsp3) is 0.222. The quantitative estimate of drug-likeness (QED) is 0.685. The molecule has 7 nitrogen and oxygen atoms in total. The number of nitro benzene ring substituents is 1. The predicted molar refractivity (Wildman–Crippen MR) is 93.4 cm³/mol. The highest BCUT2D eigenvalue weighted by molar-refractivity contribution is 6.03. The third-order valence-corrected chi connectivity index (χ3v) is 4.25. The lowest BCUT2D eigenvalue weighted by Gasteiger charge is -2.16. The molecule has 0 aliphatic carbocycles. The Bertz CT molecular complexity index is 850. The molecule has 0 unspecified atom stereocenters. The van der Waals surface area contributed by atoms with Gasteiger partial charge in [0.2, 0.25) is 11.8 Å². The van der Waals surface area contributed by atoms with Crippen molar-refractivity contribution in [3.8, 4) is 0 Å². The summed E-state index contributed by atoms with van der Waals surface area (Å²) >= 11 is 0. The number of carbonyl (C=O) groups is 2. The van der Waals surface area contributed by atoms with Crippen molar-refractivity contribution in [3.63, 3.8) is 0 Å². The Morgan fingerprint density at radius 3 is 2.72 bits per heavy atom. The van der Waals surface area contributed by atoms with Crippen LogP contribution in [0.3, 0.4) is 0 Å². The summed E-state index contributed by atoms with van der Waals surface area (Å²) in [6.07, 6.45) is 0.0837. The fourth-order valence-corrected chi connectivity index (χ4v) is 2.86. The first-order valence-electron chi connectivity index (χ1n) is 7.87. The van der Waals surface area contributed by atoms with E-state index in [0.717, 1.165) is 5.56 Å². The number of rotatable bonds is 4. The first-order valence-corrected chi connectivity index (χ1v) is 7.87. The molecule has 1 aliphatic rings. The van der Waals surface area contributed by atoms with Crippen LogP contribution in [0.5, 0.6) is 0 Å². The van der Waals surface area contributed by atoms with Crippen LogP contribution in [-0.4, -0.2) is 23.3 Å². The largest absolute Gasteiger partial charge is 0.326 e. The summed E-state index contributed by atoms with van der Waals surface area (Å²) in [6, 6.07) is 13.3. The molecular weight excluding hydrogens is 322 g/mol. The molecule has 128 valence electrons. The maximum atomic E-state index is 12.5. The van der Waals surface area contributed by atoms with Crippen LogP contribution in [0.15, 0.2) is 48.5 Å². The third kappa shape index (κ3) is 3.50. The monoisotopic (exact) mass is 339 g/mol. The maximum Gasteiger partial charge on any atom is 0.271 e. The van der Waals surface area contributed by atoms with E-state index in [9.17, 15) is 19.7 Å². The smallest absolute Gasteiger partial charge is 0.271 e. The molecule has 1 atom stereocenters. The lowest BCUT2D eigenvalue weighted by Crippen LogP contribution is -2.28. The Kier molecular flexibility index (Phi) is 4.47. The molecule has 1 N–H and O–H groups in total. The molecule has 0 aromatic heterocycles. The van der Waals surface area contributed by atoms with Gasteiger partial charge in [0.05, 0.1) is 16.5 Å². The number of hydrogen-bond acceptors (Lipinski definition) is 4. The zero-order chi connectivity index (χ0) is 18.0. The van der Waals surface area contributed by atoms with E-state index in [1.807, 2.05) is 31.2 Å². The summed E-state index contributed by atoms with van der Waals surface area (Å²) in [5.74, 6) is -0.938. The summed E-state index contributed by atoms with van der Waals surface area (Å²) in [5.41, 5.74) is 2.01. The van der Waals surface area contributed by atoms with E-state index in [4.69, 9.17) is 0 Å². The van der Waals surface area contributed by atoms with E-state index >= 15 is 0 Å². The number of anilines is 2. The highest BCUT2D eigenvalue weighted by Gasteiger charge is 2.35. The van der Waals surface area contributed by atoms with E-state index in [0.29, 0.717) is 11.4 Å². The molecule has 7 heteroatoms. The maximum absolute atomic E-state index is 12.5. The molecule has 0 saturated carbocycles. The lowest BCUT2D eigenvalue weighted by molar-refractivity contribution is -0.384. The molecule has 1 fully saturated rings. The van der Waals surface area contributed by atoms with Crippen molar-refractivity contribution in [1.29, 1.82) is 0 Å². The minimum absolute atomic E-state index is 0.0837. The van der Waals surface area contributed by atoms with Crippen molar-refractivity contribution in [3.05, 3.63) is 64.2 Å². The number of para-hydroxylation sites is 1. The number of aryl methyl sites for hydroxylation is 1. The van der Waals surface area contributed by atoms with E-state index < -0.39 is 10.8 Å². The van der Waals surface area contributed by atoms with Gasteiger partial charge < -0.3 is 10.2 Å². The molecular formula is C18H17N3O4. The van der Waals surface area contributed by atoms with Crippen LogP contribution in [0.25, 0.3) is 0 Å². The molecule has 2 aromatic rings. The highest BCUT2D eigenvalue weighted by atomic mass is 16.6. The van der Waals surface area contributed by atoms with E-state index in [-0.39, 0.29) is 30.5 Å². The van der Waals surface area contributed by atoms with Gasteiger partial charge in [0, 0.05) is 30.8 Å². The average molecular weight is 339 g/mol. The van der Waals surface area contributed by atoms with Gasteiger partial charge in [0.15, 0.2) is 0 Å². The molecule has 0 radical (unpaired) electrons. The molecule has 0 bridgehead atoms. The van der Waals surface area contributed by atoms with Gasteiger partial charge >= 0.3 is 0 Å². The zero-order valence-corrected chi connectivity index (χ0v) is 13.6. The third-order valence-electron chi connectivity index (χ3n) is 4.25. The van der Waals surface area contributed by atoms with Crippen LogP contribution in [0.4, 0.5) is 17.1 Å². The molecule has 25 heavy (non-hydrogen) atoms. The molecule has 1 heterocycles. The first-order chi connectivity index (χ1) is 12.0. The van der Waals surface area contributed by atoms with Crippen LogP contribution in [0.1, 0.15) is 12.0 Å². The van der Waals surface area contributed by atoms with Crippen molar-refractivity contribution >= 4 is 28.9 Å². The van der Waals surface area contributed by atoms with Gasteiger partial charge in [-0.25, -0.2) is 0 Å². The number of carbonyl (C=O) groups excluding carboxylic acids is 2. The summed E-state index contributed by atoms with van der Waals surface area (Å²) in [4.78, 5) is 36.5. The normalized spacial score (nSPS) is 16.8. The second-order valence-electron chi connectivity index (χ2n) is 5.99. The minimum Gasteiger partial charge on any atom is -0.326 e. The number of hydrogen-bond donors (Lipinski definition) is 1. The van der Waals surface area contributed by atoms with Crippen LogP contribution in [0, 0.1) is 23.0 Å². The van der Waals surface area contributed by atoms with Crippen LogP contribution >= 0.6 is 0 Å². The van der Waals surface area contributed by atoms with Gasteiger partial charge in [0.25, 0.3) is 5.69 Å². The van der Waals surface area contributed by atoms with Gasteiger partial charge in [-0.1, -0.05) is 24.3 Å². The molecule has 0 spiro atoms. The standard InChI is InChI=1S/C18H17N3O4/c1-12-5-2-3-8-16(12)19-18(23)13-9-17(22)20(11-13)14-6-4-7-15(10-14)21(24)25/h2-8,10,13H,9,11H2,1H3,(H,19,23)/t13-/m1/s1. The first kappa shape index (κ1) is 16.6. The van der Waals surface area contributed by atoms with Gasteiger partial charge in [-0.2, -0.15) is 0 Å². The molecule has 2 amide bonds. The summed E-state index contributed by atoms with van der Waals surface area (Å²) in [6.45, 7) is 2.10. The van der Waals surface area contributed by atoms with Gasteiger partial charge in [-0.05, 0) is 24.6 Å². The fourth-order valence-electron chi connectivity index (χ4n) is 2.86. The van der Waals surface area contributed by atoms with Crippen molar-refractivity contribution in [2.45, 2.75) is 13.3 Å². The van der Waals surface area contributed by atoms with Crippen molar-refractivity contribution in [2.24, 2.45) is 5.92 Å². The van der Waals surface area contributed by atoms with Gasteiger partial charge in [-0.15, -0.1) is 0 Å². The van der Waals surface area contributed by atoms with Crippen LogP contribution in [0.2, 0.25) is 0 Å². The Balaban J connectivity index is 1.74. The van der Waals surface area contributed by atoms with Crippen molar-refractivity contribution in [1.82, 2.24) is 0 Å². The predicted octanol–water partition coefficient (Wildman–Crippen LogP) is 2.89. The van der Waals surface area contributed by atoms with E-state index in [1.165, 1.54) is 23.1 Å². The average Bonchev–Trinajstić information content (AvgIpc) is 2.99. The number of non-ortho nitro benzene ring substituents is 1. The molecule has 2 aromatic carbocycles. The number of nitrogens with one attached hydrogen (secondary N) is 1. The number of amides is 2. The second-order valence-corrected chi connectivity index (χ2v) is 5.99. The highest BCUT2D eigenvalue weighted by Crippen LogP contribution is 2.28. The second kappa shape index (κ2) is 6.72. The Morgan fingerprint density at radius 1 is 1.24 bits per heavy atom. The van der Waals surface area contributed by atoms with Crippen LogP contribution in [-0.2, 0) is 9.59 Å².